The van der Waals surface area contributed by atoms with E-state index in [1.54, 1.807) is 49.5 Å². The maximum Gasteiger partial charge on any atom is 0.255 e. The zero-order valence-corrected chi connectivity index (χ0v) is 20.8. The Morgan fingerprint density at radius 2 is 1.73 bits per heavy atom. The first-order chi connectivity index (χ1) is 18.0. The van der Waals surface area contributed by atoms with Crippen LogP contribution >= 0.6 is 0 Å². The Morgan fingerprint density at radius 1 is 1.00 bits per heavy atom. The second-order valence-electron chi connectivity index (χ2n) is 8.47. The minimum atomic E-state index is -0.477. The van der Waals surface area contributed by atoms with Gasteiger partial charge >= 0.3 is 0 Å². The van der Waals surface area contributed by atoms with E-state index >= 15 is 0 Å². The highest BCUT2D eigenvalue weighted by molar-refractivity contribution is 5.97. The Hall–Kier alpha value is -4.54. The van der Waals surface area contributed by atoms with Crippen LogP contribution in [-0.4, -0.2) is 48.2 Å². The molecule has 7 nitrogen and oxygen atoms in total. The lowest BCUT2D eigenvalue weighted by molar-refractivity contribution is 0.0911. The van der Waals surface area contributed by atoms with Gasteiger partial charge in [-0.1, -0.05) is 30.0 Å². The molecule has 0 saturated carbocycles. The number of carbonyl (C=O) groups is 2. The van der Waals surface area contributed by atoms with Gasteiger partial charge in [0.2, 0.25) is 0 Å². The molecular weight excluding hydrogens is 466 g/mol. The maximum atomic E-state index is 13.3. The van der Waals surface area contributed by atoms with Crippen molar-refractivity contribution in [2.45, 2.75) is 19.4 Å². The number of para-hydroxylation sites is 1. The minimum Gasteiger partial charge on any atom is -0.493 e. The van der Waals surface area contributed by atoms with E-state index in [0.717, 1.165) is 22.0 Å². The molecule has 0 spiro atoms. The van der Waals surface area contributed by atoms with E-state index in [1.165, 1.54) is 0 Å². The third kappa shape index (κ3) is 6.18. The van der Waals surface area contributed by atoms with Gasteiger partial charge in [-0.3, -0.25) is 9.59 Å². The molecule has 1 atom stereocenters. The standard InChI is InChI=1S/C30H29N3O4/c1-3-37-28-15-12-21(9-8-20-10-13-22(14-11-20)29(35)31-2)16-26(28)30(36)33-24(19-34)17-23-18-32-27-7-5-4-6-25(23)27/h4-7,10-16,18,24,32,34H,3,17,19H2,1-2H3,(H,31,35)(H,33,36)/t24-/m1/s1. The first-order valence-corrected chi connectivity index (χ1v) is 12.1. The van der Waals surface area contributed by atoms with E-state index in [0.29, 0.717) is 35.5 Å². The second-order valence-corrected chi connectivity index (χ2v) is 8.47. The number of aliphatic hydroxyl groups is 1. The summed E-state index contributed by atoms with van der Waals surface area (Å²) in [6.07, 6.45) is 2.38. The lowest BCUT2D eigenvalue weighted by Gasteiger charge is -2.18. The van der Waals surface area contributed by atoms with Crippen LogP contribution in [0.4, 0.5) is 0 Å². The van der Waals surface area contributed by atoms with E-state index in [9.17, 15) is 14.7 Å². The predicted octanol–water partition coefficient (Wildman–Crippen LogP) is 3.66. The van der Waals surface area contributed by atoms with Gasteiger partial charge in [0.05, 0.1) is 24.8 Å². The first kappa shape index (κ1) is 25.5. The fraction of sp³-hybridized carbons (Fsp3) is 0.200. The number of benzene rings is 3. The number of rotatable bonds is 8. The molecule has 4 aromatic rings. The van der Waals surface area contributed by atoms with E-state index in [1.807, 2.05) is 37.4 Å². The maximum absolute atomic E-state index is 13.3. The lowest BCUT2D eigenvalue weighted by atomic mass is 10.0. The van der Waals surface area contributed by atoms with Gasteiger partial charge < -0.3 is 25.5 Å². The van der Waals surface area contributed by atoms with Crippen molar-refractivity contribution in [3.05, 3.63) is 101 Å². The molecule has 4 rings (SSSR count). The molecule has 188 valence electrons. The molecule has 3 aromatic carbocycles. The number of carbonyl (C=O) groups excluding carboxylic acids is 2. The number of H-pyrrole nitrogens is 1. The Kier molecular flexibility index (Phi) is 8.24. The van der Waals surface area contributed by atoms with Gasteiger partial charge in [-0.25, -0.2) is 0 Å². The van der Waals surface area contributed by atoms with Gasteiger partial charge in [-0.2, -0.15) is 0 Å². The molecular formula is C30H29N3O4. The quantitative estimate of drug-likeness (QED) is 0.280. The summed E-state index contributed by atoms with van der Waals surface area (Å²) in [5, 5.41) is 16.6. The molecule has 4 N–H and O–H groups in total. The molecule has 2 amide bonds. The highest BCUT2D eigenvalue weighted by Gasteiger charge is 2.19. The van der Waals surface area contributed by atoms with Gasteiger partial charge in [0.25, 0.3) is 11.8 Å². The van der Waals surface area contributed by atoms with Crippen LogP contribution in [0.2, 0.25) is 0 Å². The van der Waals surface area contributed by atoms with Crippen LogP contribution in [0.3, 0.4) is 0 Å². The fourth-order valence-electron chi connectivity index (χ4n) is 4.05. The smallest absolute Gasteiger partial charge is 0.255 e. The highest BCUT2D eigenvalue weighted by Crippen LogP contribution is 2.22. The Morgan fingerprint density at radius 3 is 2.46 bits per heavy atom. The zero-order valence-electron chi connectivity index (χ0n) is 20.8. The average Bonchev–Trinajstić information content (AvgIpc) is 3.34. The topological polar surface area (TPSA) is 103 Å². The number of hydrogen-bond donors (Lipinski definition) is 4. The number of nitrogens with one attached hydrogen (secondary N) is 3. The number of hydrogen-bond acceptors (Lipinski definition) is 4. The molecule has 0 aliphatic carbocycles. The molecule has 1 heterocycles. The van der Waals surface area contributed by atoms with E-state index in [4.69, 9.17) is 4.74 Å². The van der Waals surface area contributed by atoms with Crippen molar-refractivity contribution in [2.24, 2.45) is 0 Å². The summed E-state index contributed by atoms with van der Waals surface area (Å²) in [6, 6.07) is 19.6. The van der Waals surface area contributed by atoms with E-state index < -0.39 is 6.04 Å². The summed E-state index contributed by atoms with van der Waals surface area (Å²) in [6.45, 7) is 2.05. The summed E-state index contributed by atoms with van der Waals surface area (Å²) >= 11 is 0. The molecule has 0 saturated heterocycles. The van der Waals surface area contributed by atoms with Crippen LogP contribution in [-0.2, 0) is 6.42 Å². The number of aromatic amines is 1. The molecule has 1 aromatic heterocycles. The summed E-state index contributed by atoms with van der Waals surface area (Å²) in [7, 11) is 1.58. The summed E-state index contributed by atoms with van der Waals surface area (Å²) in [4.78, 5) is 28.2. The lowest BCUT2D eigenvalue weighted by Crippen LogP contribution is -2.39. The number of amides is 2. The van der Waals surface area contributed by atoms with Crippen molar-refractivity contribution in [2.75, 3.05) is 20.3 Å². The third-order valence-corrected chi connectivity index (χ3v) is 5.95. The largest absolute Gasteiger partial charge is 0.493 e. The molecule has 0 aliphatic rings. The van der Waals surface area contributed by atoms with Crippen LogP contribution in [0, 0.1) is 11.8 Å². The van der Waals surface area contributed by atoms with Crippen molar-refractivity contribution in [3.63, 3.8) is 0 Å². The van der Waals surface area contributed by atoms with E-state index in [-0.39, 0.29) is 18.4 Å². The zero-order chi connectivity index (χ0) is 26.2. The van der Waals surface area contributed by atoms with Crippen molar-refractivity contribution in [1.82, 2.24) is 15.6 Å². The Labute approximate surface area is 215 Å². The molecule has 0 unspecified atom stereocenters. The van der Waals surface area contributed by atoms with Crippen molar-refractivity contribution in [3.8, 4) is 17.6 Å². The normalized spacial score (nSPS) is 11.3. The summed E-state index contributed by atoms with van der Waals surface area (Å²) < 4.78 is 5.69. The molecule has 7 heteroatoms. The Balaban J connectivity index is 1.53. The van der Waals surface area contributed by atoms with Crippen LogP contribution in [0.15, 0.2) is 72.9 Å². The molecule has 0 aliphatic heterocycles. The first-order valence-electron chi connectivity index (χ1n) is 12.1. The fourth-order valence-corrected chi connectivity index (χ4v) is 4.05. The Bertz CT molecular complexity index is 1460. The van der Waals surface area contributed by atoms with Crippen LogP contribution in [0.25, 0.3) is 10.9 Å². The minimum absolute atomic E-state index is 0.160. The number of ether oxygens (including phenoxy) is 1. The second kappa shape index (κ2) is 11.9. The number of aromatic nitrogens is 1. The molecule has 37 heavy (non-hydrogen) atoms. The van der Waals surface area contributed by atoms with Crippen molar-refractivity contribution in [1.29, 1.82) is 0 Å². The van der Waals surface area contributed by atoms with E-state index in [2.05, 4.69) is 27.5 Å². The van der Waals surface area contributed by atoms with Crippen molar-refractivity contribution >= 4 is 22.7 Å². The predicted molar refractivity (Wildman–Crippen MR) is 144 cm³/mol. The monoisotopic (exact) mass is 495 g/mol. The van der Waals surface area contributed by atoms with Crippen LogP contribution in [0.5, 0.6) is 5.75 Å². The summed E-state index contributed by atoms with van der Waals surface area (Å²) in [5.74, 6) is 6.08. The molecule has 0 fully saturated rings. The highest BCUT2D eigenvalue weighted by atomic mass is 16.5. The average molecular weight is 496 g/mol. The number of aliphatic hydroxyl groups excluding tert-OH is 1. The SMILES string of the molecule is CCOc1ccc(C#Cc2ccc(C(=O)NC)cc2)cc1C(=O)N[C@@H](CO)Cc1c[nH]c2ccccc12. The van der Waals surface area contributed by atoms with Crippen LogP contribution < -0.4 is 15.4 Å². The molecule has 0 radical (unpaired) electrons. The van der Waals surface area contributed by atoms with Gasteiger partial charge in [-0.05, 0) is 67.4 Å². The summed E-state index contributed by atoms with van der Waals surface area (Å²) in [5.41, 5.74) is 4.31. The van der Waals surface area contributed by atoms with Gasteiger partial charge in [0.15, 0.2) is 0 Å². The third-order valence-electron chi connectivity index (χ3n) is 5.95. The number of fused-ring (bicyclic) bond motifs is 1. The van der Waals surface area contributed by atoms with Crippen molar-refractivity contribution < 1.29 is 19.4 Å². The van der Waals surface area contributed by atoms with Crippen LogP contribution in [0.1, 0.15) is 44.3 Å². The van der Waals surface area contributed by atoms with Gasteiger partial charge in [0, 0.05) is 40.8 Å². The molecule has 0 bridgehead atoms. The van der Waals surface area contributed by atoms with Gasteiger partial charge in [0.1, 0.15) is 5.75 Å². The van der Waals surface area contributed by atoms with Gasteiger partial charge in [-0.15, -0.1) is 0 Å².